The van der Waals surface area contributed by atoms with Crippen LogP contribution in [0.3, 0.4) is 0 Å². The standard InChI is InChI=1S/C3H7FO3S/c1-3(4)8(2,5,6)7/h1H2,2H3,(H2,5,6,7). The van der Waals surface area contributed by atoms with Crippen LogP contribution in [0, 0.1) is 0 Å². The minimum atomic E-state index is -5.08. The fraction of sp³-hybridized carbons (Fsp3) is 0.333. The molecule has 50 valence electrons. The highest BCUT2D eigenvalue weighted by Crippen LogP contribution is 2.21. The molecule has 0 aromatic heterocycles. The highest BCUT2D eigenvalue weighted by molar-refractivity contribution is 8.12. The Labute approximate surface area is 46.3 Å². The smallest absolute Gasteiger partial charge is 0.203 e. The van der Waals surface area contributed by atoms with Crippen LogP contribution in [-0.4, -0.2) is 19.6 Å². The van der Waals surface area contributed by atoms with E-state index in [1.807, 2.05) is 0 Å². The SMILES string of the molecule is C=C(F)S(C)(=O)(O)O. The monoisotopic (exact) mass is 142 g/mol. The zero-order valence-electron chi connectivity index (χ0n) is 4.30. The largest absolute Gasteiger partial charge is 0.303 e. The number of halogens is 1. The van der Waals surface area contributed by atoms with Gasteiger partial charge in [-0.25, -0.2) is 4.21 Å². The molecule has 0 rings (SSSR count). The summed E-state index contributed by atoms with van der Waals surface area (Å²) in [5, 5.41) is -1.61. The van der Waals surface area contributed by atoms with Gasteiger partial charge < -0.3 is 9.11 Å². The molecular weight excluding hydrogens is 135 g/mol. The van der Waals surface area contributed by atoms with Gasteiger partial charge in [0.1, 0.15) is 9.63 Å². The van der Waals surface area contributed by atoms with Gasteiger partial charge in [0, 0.05) is 6.26 Å². The van der Waals surface area contributed by atoms with Crippen LogP contribution >= 0.6 is 0 Å². The lowest BCUT2D eigenvalue weighted by atomic mass is 11.2. The molecule has 2 N–H and O–H groups in total. The van der Waals surface area contributed by atoms with Gasteiger partial charge in [-0.3, -0.25) is 0 Å². The first kappa shape index (κ1) is 7.74. The van der Waals surface area contributed by atoms with Crippen molar-refractivity contribution in [1.29, 1.82) is 0 Å². The van der Waals surface area contributed by atoms with E-state index in [-0.39, 0.29) is 0 Å². The average Bonchev–Trinajstić information content (AvgIpc) is 1.27. The van der Waals surface area contributed by atoms with Gasteiger partial charge in [-0.05, 0) is 0 Å². The first-order valence-corrected chi connectivity index (χ1v) is 3.98. The molecule has 0 heterocycles. The van der Waals surface area contributed by atoms with E-state index >= 15 is 0 Å². The van der Waals surface area contributed by atoms with Crippen LogP contribution in [0.5, 0.6) is 0 Å². The van der Waals surface area contributed by atoms with E-state index in [2.05, 4.69) is 6.58 Å². The molecule has 0 saturated heterocycles. The molecule has 0 aromatic carbocycles. The van der Waals surface area contributed by atoms with Gasteiger partial charge >= 0.3 is 0 Å². The summed E-state index contributed by atoms with van der Waals surface area (Å²) in [5.41, 5.74) is 0. The summed E-state index contributed by atoms with van der Waals surface area (Å²) in [4.78, 5) is 0. The predicted molar refractivity (Wildman–Crippen MR) is 29.6 cm³/mol. The van der Waals surface area contributed by atoms with Crippen LogP contribution in [0.25, 0.3) is 0 Å². The van der Waals surface area contributed by atoms with Gasteiger partial charge in [-0.2, -0.15) is 4.39 Å². The van der Waals surface area contributed by atoms with Crippen molar-refractivity contribution in [1.82, 2.24) is 0 Å². The van der Waals surface area contributed by atoms with Crippen molar-refractivity contribution in [2.75, 3.05) is 6.26 Å². The lowest BCUT2D eigenvalue weighted by molar-refractivity contribution is 0.393. The zero-order valence-corrected chi connectivity index (χ0v) is 5.11. The Morgan fingerprint density at radius 2 is 1.88 bits per heavy atom. The van der Waals surface area contributed by atoms with Gasteiger partial charge in [-0.1, -0.05) is 6.58 Å². The molecule has 0 saturated carbocycles. The van der Waals surface area contributed by atoms with Crippen molar-refractivity contribution in [3.63, 3.8) is 0 Å². The maximum atomic E-state index is 11.6. The number of rotatable bonds is 1. The van der Waals surface area contributed by atoms with E-state index < -0.39 is 14.8 Å². The Balaban J connectivity index is 4.68. The molecule has 0 aliphatic heterocycles. The summed E-state index contributed by atoms with van der Waals surface area (Å²) in [6.07, 6.45) is 0.472. The number of hydrogen-bond donors (Lipinski definition) is 2. The Morgan fingerprint density at radius 3 is 1.88 bits per heavy atom. The molecule has 0 unspecified atom stereocenters. The quantitative estimate of drug-likeness (QED) is 0.570. The van der Waals surface area contributed by atoms with Crippen LogP contribution in [0.15, 0.2) is 11.7 Å². The van der Waals surface area contributed by atoms with E-state index in [0.29, 0.717) is 6.26 Å². The third-order valence-corrected chi connectivity index (χ3v) is 1.53. The Kier molecular flexibility index (Phi) is 1.32. The van der Waals surface area contributed by atoms with Crippen molar-refractivity contribution in [2.45, 2.75) is 0 Å². The third kappa shape index (κ3) is 2.15. The molecule has 0 aliphatic carbocycles. The van der Waals surface area contributed by atoms with E-state index in [0.717, 1.165) is 0 Å². The average molecular weight is 142 g/mol. The van der Waals surface area contributed by atoms with Gasteiger partial charge in [-0.15, -0.1) is 0 Å². The molecule has 5 heteroatoms. The van der Waals surface area contributed by atoms with E-state index in [4.69, 9.17) is 9.11 Å². The fourth-order valence-corrected chi connectivity index (χ4v) is 0. The van der Waals surface area contributed by atoms with Crippen molar-refractivity contribution in [3.05, 3.63) is 11.7 Å². The molecule has 0 bridgehead atoms. The second kappa shape index (κ2) is 1.37. The second-order valence-electron chi connectivity index (χ2n) is 1.59. The van der Waals surface area contributed by atoms with Crippen LogP contribution in [0.1, 0.15) is 0 Å². The molecule has 0 radical (unpaired) electrons. The van der Waals surface area contributed by atoms with Crippen LogP contribution < -0.4 is 0 Å². The molecule has 0 amide bonds. The summed E-state index contributed by atoms with van der Waals surface area (Å²) in [6, 6.07) is 0. The van der Waals surface area contributed by atoms with Crippen LogP contribution in [-0.2, 0) is 9.63 Å². The predicted octanol–water partition coefficient (Wildman–Crippen LogP) is 0.823. The van der Waals surface area contributed by atoms with Crippen molar-refractivity contribution in [3.8, 4) is 0 Å². The van der Waals surface area contributed by atoms with E-state index in [9.17, 15) is 8.60 Å². The minimum absolute atomic E-state index is 0.472. The fourth-order valence-electron chi connectivity index (χ4n) is 0. The molecule has 0 aromatic rings. The van der Waals surface area contributed by atoms with Crippen LogP contribution in [0.2, 0.25) is 0 Å². The molecule has 0 atom stereocenters. The van der Waals surface area contributed by atoms with E-state index in [1.54, 1.807) is 0 Å². The van der Waals surface area contributed by atoms with Crippen molar-refractivity contribution >= 4 is 9.63 Å². The van der Waals surface area contributed by atoms with Crippen molar-refractivity contribution < 1.29 is 17.7 Å². The lowest BCUT2D eigenvalue weighted by Gasteiger charge is -2.21. The molecular formula is C3H7FO3S. The summed E-state index contributed by atoms with van der Waals surface area (Å²) in [7, 11) is -5.08. The Hall–Kier alpha value is -0.260. The van der Waals surface area contributed by atoms with Gasteiger partial charge in [0.15, 0.2) is 0 Å². The first-order valence-electron chi connectivity index (χ1n) is 1.69. The zero-order chi connectivity index (χ0) is 7.02. The summed E-state index contributed by atoms with van der Waals surface area (Å²) in [6.45, 7) is 2.47. The molecule has 0 fully saturated rings. The third-order valence-electron chi connectivity index (χ3n) is 0.510. The molecule has 3 nitrogen and oxygen atoms in total. The normalized spacial score (nSPS) is 16.8. The van der Waals surface area contributed by atoms with Gasteiger partial charge in [0.25, 0.3) is 0 Å². The molecule has 0 aliphatic rings. The molecule has 8 heavy (non-hydrogen) atoms. The topological polar surface area (TPSA) is 57.5 Å². The van der Waals surface area contributed by atoms with Crippen LogP contribution in [0.4, 0.5) is 4.39 Å². The maximum Gasteiger partial charge on any atom is 0.203 e. The Morgan fingerprint density at radius 1 is 1.75 bits per heavy atom. The first-order chi connectivity index (χ1) is 3.20. The lowest BCUT2D eigenvalue weighted by Crippen LogP contribution is -2.28. The number of hydrogen-bond acceptors (Lipinski definition) is 1. The highest BCUT2D eigenvalue weighted by atomic mass is 32.3. The highest BCUT2D eigenvalue weighted by Gasteiger charge is 2.26. The minimum Gasteiger partial charge on any atom is -0.303 e. The van der Waals surface area contributed by atoms with Gasteiger partial charge in [0.05, 0.1) is 0 Å². The molecule has 0 spiro atoms. The van der Waals surface area contributed by atoms with Crippen molar-refractivity contribution in [2.24, 2.45) is 0 Å². The Bertz CT molecular complexity index is 168. The maximum absolute atomic E-state index is 11.6. The summed E-state index contributed by atoms with van der Waals surface area (Å²) < 4.78 is 38.1. The summed E-state index contributed by atoms with van der Waals surface area (Å²) in [5.74, 6) is 0. The van der Waals surface area contributed by atoms with E-state index in [1.165, 1.54) is 0 Å². The summed E-state index contributed by atoms with van der Waals surface area (Å²) >= 11 is 0. The second-order valence-corrected chi connectivity index (χ2v) is 4.50. The van der Waals surface area contributed by atoms with Gasteiger partial charge in [0.2, 0.25) is 5.16 Å².